The molecule has 0 aliphatic heterocycles. The van der Waals surface area contributed by atoms with Crippen LogP contribution >= 0.6 is 0 Å². The molecule has 4 aromatic rings. The molecule has 0 atom stereocenters. The van der Waals surface area contributed by atoms with E-state index in [2.05, 4.69) is 22.8 Å². The number of nitrogen functional groups attached to an aromatic ring is 1. The molecule has 0 aliphatic carbocycles. The van der Waals surface area contributed by atoms with Crippen LogP contribution in [0.25, 0.3) is 27.4 Å². The van der Waals surface area contributed by atoms with Crippen LogP contribution in [-0.2, 0) is 7.05 Å². The SMILES string of the molecule is Cn1ccc2ccc(-n3cc4cc(N)ccc4c3O)cc21. The Morgan fingerprint density at radius 1 is 1.00 bits per heavy atom. The maximum atomic E-state index is 10.4. The van der Waals surface area contributed by atoms with E-state index in [4.69, 9.17) is 5.73 Å². The molecule has 0 bridgehead atoms. The third kappa shape index (κ3) is 1.69. The summed E-state index contributed by atoms with van der Waals surface area (Å²) in [6.45, 7) is 0. The first-order valence-corrected chi connectivity index (χ1v) is 6.78. The van der Waals surface area contributed by atoms with E-state index < -0.39 is 0 Å². The highest BCUT2D eigenvalue weighted by molar-refractivity contribution is 5.91. The molecule has 0 amide bonds. The zero-order chi connectivity index (χ0) is 14.6. The third-order valence-corrected chi connectivity index (χ3v) is 3.96. The van der Waals surface area contributed by atoms with E-state index in [1.807, 2.05) is 37.6 Å². The van der Waals surface area contributed by atoms with E-state index in [1.54, 1.807) is 10.6 Å². The Balaban J connectivity index is 1.98. The topological polar surface area (TPSA) is 56.1 Å². The minimum atomic E-state index is 0.235. The second-order valence-electron chi connectivity index (χ2n) is 5.34. The number of aryl methyl sites for hydroxylation is 1. The van der Waals surface area contributed by atoms with E-state index in [0.717, 1.165) is 22.0 Å². The molecule has 2 aromatic heterocycles. The quantitative estimate of drug-likeness (QED) is 0.524. The molecule has 0 fully saturated rings. The lowest BCUT2D eigenvalue weighted by Gasteiger charge is -2.06. The number of hydrogen-bond donors (Lipinski definition) is 2. The van der Waals surface area contributed by atoms with Gasteiger partial charge >= 0.3 is 0 Å². The highest BCUT2D eigenvalue weighted by Gasteiger charge is 2.10. The lowest BCUT2D eigenvalue weighted by molar-refractivity contribution is 0.448. The van der Waals surface area contributed by atoms with Gasteiger partial charge in [0.1, 0.15) is 0 Å². The second-order valence-corrected chi connectivity index (χ2v) is 5.34. The lowest BCUT2D eigenvalue weighted by Crippen LogP contribution is -1.92. The number of aromatic hydroxyl groups is 1. The van der Waals surface area contributed by atoms with Gasteiger partial charge in [-0.2, -0.15) is 0 Å². The van der Waals surface area contributed by atoms with Crippen LogP contribution in [0.2, 0.25) is 0 Å². The summed E-state index contributed by atoms with van der Waals surface area (Å²) in [5.74, 6) is 0.235. The normalized spacial score (nSPS) is 11.5. The van der Waals surface area contributed by atoms with E-state index in [0.29, 0.717) is 5.69 Å². The first-order chi connectivity index (χ1) is 10.1. The molecule has 4 rings (SSSR count). The van der Waals surface area contributed by atoms with Crippen LogP contribution in [0.4, 0.5) is 5.69 Å². The van der Waals surface area contributed by atoms with E-state index >= 15 is 0 Å². The van der Waals surface area contributed by atoms with Gasteiger partial charge in [0.15, 0.2) is 0 Å². The van der Waals surface area contributed by atoms with Crippen LogP contribution in [0, 0.1) is 0 Å². The molecule has 0 saturated carbocycles. The van der Waals surface area contributed by atoms with Crippen molar-refractivity contribution in [1.29, 1.82) is 0 Å². The van der Waals surface area contributed by atoms with Gasteiger partial charge in [-0.25, -0.2) is 0 Å². The van der Waals surface area contributed by atoms with Crippen molar-refractivity contribution < 1.29 is 5.11 Å². The molecule has 0 saturated heterocycles. The van der Waals surface area contributed by atoms with Crippen molar-refractivity contribution in [3.63, 3.8) is 0 Å². The number of nitrogens with two attached hydrogens (primary N) is 1. The number of nitrogens with zero attached hydrogens (tertiary/aromatic N) is 2. The molecule has 2 heterocycles. The Kier molecular flexibility index (Phi) is 2.30. The first-order valence-electron chi connectivity index (χ1n) is 6.78. The number of rotatable bonds is 1. The molecular weight excluding hydrogens is 262 g/mol. The van der Waals surface area contributed by atoms with E-state index in [-0.39, 0.29) is 5.88 Å². The number of hydrogen-bond acceptors (Lipinski definition) is 2. The Labute approximate surface area is 121 Å². The zero-order valence-corrected chi connectivity index (χ0v) is 11.6. The highest BCUT2D eigenvalue weighted by atomic mass is 16.3. The van der Waals surface area contributed by atoms with Crippen molar-refractivity contribution in [2.75, 3.05) is 5.73 Å². The molecule has 2 aromatic carbocycles. The van der Waals surface area contributed by atoms with Gasteiger partial charge in [-0.05, 0) is 41.8 Å². The number of benzene rings is 2. The average Bonchev–Trinajstić information content (AvgIpc) is 3.00. The van der Waals surface area contributed by atoms with Crippen molar-refractivity contribution in [3.05, 3.63) is 54.9 Å². The maximum Gasteiger partial charge on any atom is 0.203 e. The molecule has 0 spiro atoms. The Hall–Kier alpha value is -2.88. The average molecular weight is 277 g/mol. The van der Waals surface area contributed by atoms with Crippen LogP contribution in [0.3, 0.4) is 0 Å². The summed E-state index contributed by atoms with van der Waals surface area (Å²) in [6.07, 6.45) is 3.94. The van der Waals surface area contributed by atoms with Gasteiger partial charge in [-0.1, -0.05) is 6.07 Å². The summed E-state index contributed by atoms with van der Waals surface area (Å²) in [7, 11) is 2.01. The summed E-state index contributed by atoms with van der Waals surface area (Å²) in [5, 5.41) is 13.4. The number of fused-ring (bicyclic) bond motifs is 2. The van der Waals surface area contributed by atoms with E-state index in [1.165, 1.54) is 5.39 Å². The number of anilines is 1. The van der Waals surface area contributed by atoms with Gasteiger partial charge in [0.05, 0.1) is 5.69 Å². The molecule has 21 heavy (non-hydrogen) atoms. The predicted octanol–water partition coefficient (Wildman–Crippen LogP) is 3.41. The largest absolute Gasteiger partial charge is 0.494 e. The van der Waals surface area contributed by atoms with Crippen LogP contribution in [0.5, 0.6) is 5.88 Å². The van der Waals surface area contributed by atoms with Gasteiger partial charge < -0.3 is 15.4 Å². The van der Waals surface area contributed by atoms with E-state index in [9.17, 15) is 5.11 Å². The lowest BCUT2D eigenvalue weighted by atomic mass is 10.2. The van der Waals surface area contributed by atoms with Crippen molar-refractivity contribution in [3.8, 4) is 11.6 Å². The fourth-order valence-electron chi connectivity index (χ4n) is 2.82. The van der Waals surface area contributed by atoms with Gasteiger partial charge in [0, 0.05) is 41.4 Å². The monoisotopic (exact) mass is 277 g/mol. The fourth-order valence-corrected chi connectivity index (χ4v) is 2.82. The third-order valence-electron chi connectivity index (χ3n) is 3.96. The smallest absolute Gasteiger partial charge is 0.203 e. The molecule has 0 unspecified atom stereocenters. The van der Waals surface area contributed by atoms with Crippen LogP contribution in [-0.4, -0.2) is 14.2 Å². The molecule has 4 nitrogen and oxygen atoms in total. The van der Waals surface area contributed by atoms with Crippen molar-refractivity contribution in [1.82, 2.24) is 9.13 Å². The summed E-state index contributed by atoms with van der Waals surface area (Å²) in [4.78, 5) is 0. The Morgan fingerprint density at radius 2 is 1.86 bits per heavy atom. The molecular formula is C17H15N3O. The standard InChI is InChI=1S/C17H15N3O/c1-19-7-6-11-2-4-14(9-16(11)19)20-10-12-8-13(18)3-5-15(12)17(20)21/h2-10,21H,18H2,1H3. The van der Waals surface area contributed by atoms with Crippen LogP contribution in [0.1, 0.15) is 0 Å². The van der Waals surface area contributed by atoms with Gasteiger partial charge in [0.2, 0.25) is 5.88 Å². The van der Waals surface area contributed by atoms with Crippen LogP contribution in [0.15, 0.2) is 54.9 Å². The van der Waals surface area contributed by atoms with Gasteiger partial charge in [-0.15, -0.1) is 0 Å². The van der Waals surface area contributed by atoms with Crippen LogP contribution < -0.4 is 5.73 Å². The fraction of sp³-hybridized carbons (Fsp3) is 0.0588. The minimum absolute atomic E-state index is 0.235. The summed E-state index contributed by atoms with van der Waals surface area (Å²) >= 11 is 0. The second kappa shape index (κ2) is 4.06. The van der Waals surface area contributed by atoms with Crippen molar-refractivity contribution in [2.45, 2.75) is 0 Å². The Bertz CT molecular complexity index is 978. The minimum Gasteiger partial charge on any atom is -0.494 e. The Morgan fingerprint density at radius 3 is 2.71 bits per heavy atom. The zero-order valence-electron chi connectivity index (χ0n) is 11.6. The maximum absolute atomic E-state index is 10.4. The predicted molar refractivity (Wildman–Crippen MR) is 85.8 cm³/mol. The van der Waals surface area contributed by atoms with Gasteiger partial charge in [0.25, 0.3) is 0 Å². The summed E-state index contributed by atoms with van der Waals surface area (Å²) in [5.41, 5.74) is 8.56. The molecule has 0 aliphatic rings. The van der Waals surface area contributed by atoms with Gasteiger partial charge in [-0.3, -0.25) is 4.57 Å². The highest BCUT2D eigenvalue weighted by Crippen LogP contribution is 2.32. The summed E-state index contributed by atoms with van der Waals surface area (Å²) in [6, 6.07) is 13.7. The van der Waals surface area contributed by atoms with Crippen molar-refractivity contribution in [2.24, 2.45) is 7.05 Å². The molecule has 0 radical (unpaired) electrons. The first kappa shape index (κ1) is 11.9. The number of aromatic nitrogens is 2. The molecule has 4 heteroatoms. The summed E-state index contributed by atoms with van der Waals surface area (Å²) < 4.78 is 3.85. The molecule has 3 N–H and O–H groups in total. The molecule has 104 valence electrons. The van der Waals surface area contributed by atoms with Crippen molar-refractivity contribution >= 4 is 27.4 Å².